The van der Waals surface area contributed by atoms with Crippen molar-refractivity contribution in [2.24, 2.45) is 5.73 Å². The quantitative estimate of drug-likeness (QED) is 0.581. The monoisotopic (exact) mass is 203 g/mol. The lowest BCUT2D eigenvalue weighted by Crippen LogP contribution is -2.17. The molecule has 0 aliphatic heterocycles. The molecule has 0 radical (unpaired) electrons. The van der Waals surface area contributed by atoms with E-state index < -0.39 is 0 Å². The second kappa shape index (κ2) is 10.4. The van der Waals surface area contributed by atoms with E-state index in [1.165, 1.54) is 44.3 Å². The Labute approximate surface area is 87.9 Å². The second-order valence-electron chi connectivity index (χ2n) is 3.82. The van der Waals surface area contributed by atoms with E-state index in [1.807, 2.05) is 11.8 Å². The molecule has 0 rings (SSSR count). The molecule has 0 bridgehead atoms. The van der Waals surface area contributed by atoms with Crippen LogP contribution >= 0.6 is 11.8 Å². The Kier molecular flexibility index (Phi) is 10.6. The van der Waals surface area contributed by atoms with Gasteiger partial charge in [-0.15, -0.1) is 0 Å². The minimum Gasteiger partial charge on any atom is -0.327 e. The van der Waals surface area contributed by atoms with Gasteiger partial charge >= 0.3 is 0 Å². The van der Waals surface area contributed by atoms with Gasteiger partial charge in [0.2, 0.25) is 0 Å². The van der Waals surface area contributed by atoms with Crippen LogP contribution in [0.5, 0.6) is 0 Å². The summed E-state index contributed by atoms with van der Waals surface area (Å²) < 4.78 is 0. The molecule has 80 valence electrons. The van der Waals surface area contributed by atoms with E-state index in [9.17, 15) is 0 Å². The fourth-order valence-electron chi connectivity index (χ4n) is 1.25. The Hall–Kier alpha value is 0.310. The second-order valence-corrected chi connectivity index (χ2v) is 4.97. The normalized spacial score (nSPS) is 13.2. The standard InChI is InChI=1S/C11H25NS/c1-3-4-5-6-7-8-9-13-10-11(2)12/h11H,3-10,12H2,1-2H3. The Morgan fingerprint density at radius 3 is 2.31 bits per heavy atom. The summed E-state index contributed by atoms with van der Waals surface area (Å²) in [6, 6.07) is 0.366. The third-order valence-electron chi connectivity index (χ3n) is 2.02. The predicted molar refractivity (Wildman–Crippen MR) is 64.4 cm³/mol. The van der Waals surface area contributed by atoms with E-state index in [0.717, 1.165) is 5.75 Å². The van der Waals surface area contributed by atoms with Crippen molar-refractivity contribution < 1.29 is 0 Å². The highest BCUT2D eigenvalue weighted by molar-refractivity contribution is 7.99. The van der Waals surface area contributed by atoms with Crippen molar-refractivity contribution >= 4 is 11.8 Å². The minimum atomic E-state index is 0.366. The van der Waals surface area contributed by atoms with Gasteiger partial charge in [0.1, 0.15) is 0 Å². The zero-order chi connectivity index (χ0) is 9.94. The maximum Gasteiger partial charge on any atom is 0.0101 e. The SMILES string of the molecule is CCCCCCCCSCC(C)N. The molecule has 2 heteroatoms. The van der Waals surface area contributed by atoms with Gasteiger partial charge < -0.3 is 5.73 Å². The van der Waals surface area contributed by atoms with Crippen LogP contribution in [0.1, 0.15) is 52.4 Å². The minimum absolute atomic E-state index is 0.366. The molecular weight excluding hydrogens is 178 g/mol. The maximum atomic E-state index is 5.65. The number of hydrogen-bond donors (Lipinski definition) is 1. The first-order valence-corrected chi connectivity index (χ1v) is 6.76. The Bertz CT molecular complexity index is 94.1. The summed E-state index contributed by atoms with van der Waals surface area (Å²) in [6.45, 7) is 4.34. The Morgan fingerprint density at radius 1 is 1.08 bits per heavy atom. The molecule has 0 aromatic carbocycles. The summed E-state index contributed by atoms with van der Waals surface area (Å²) in [7, 11) is 0. The summed E-state index contributed by atoms with van der Waals surface area (Å²) in [5, 5.41) is 0. The average molecular weight is 203 g/mol. The lowest BCUT2D eigenvalue weighted by molar-refractivity contribution is 0.627. The van der Waals surface area contributed by atoms with Crippen LogP contribution in [0.4, 0.5) is 0 Å². The van der Waals surface area contributed by atoms with Gasteiger partial charge in [-0.1, -0.05) is 39.0 Å². The zero-order valence-electron chi connectivity index (χ0n) is 9.22. The molecule has 0 fully saturated rings. The Balaban J connectivity index is 2.84. The molecule has 2 N–H and O–H groups in total. The van der Waals surface area contributed by atoms with Gasteiger partial charge in [0.25, 0.3) is 0 Å². The van der Waals surface area contributed by atoms with Crippen LogP contribution in [-0.2, 0) is 0 Å². The largest absolute Gasteiger partial charge is 0.327 e. The first-order chi connectivity index (χ1) is 6.27. The van der Waals surface area contributed by atoms with E-state index in [-0.39, 0.29) is 0 Å². The number of rotatable bonds is 9. The summed E-state index contributed by atoms with van der Waals surface area (Å²) in [6.07, 6.45) is 8.39. The van der Waals surface area contributed by atoms with Gasteiger partial charge in [-0.3, -0.25) is 0 Å². The molecule has 0 aliphatic rings. The number of unbranched alkanes of at least 4 members (excludes halogenated alkanes) is 5. The van der Waals surface area contributed by atoms with Gasteiger partial charge in [0.15, 0.2) is 0 Å². The van der Waals surface area contributed by atoms with Crippen molar-refractivity contribution in [3.05, 3.63) is 0 Å². The average Bonchev–Trinajstić information content (AvgIpc) is 2.09. The molecule has 1 unspecified atom stereocenters. The lowest BCUT2D eigenvalue weighted by atomic mass is 10.1. The maximum absolute atomic E-state index is 5.65. The summed E-state index contributed by atoms with van der Waals surface area (Å²) in [5.41, 5.74) is 5.65. The molecular formula is C11H25NS. The molecule has 1 nitrogen and oxygen atoms in total. The van der Waals surface area contributed by atoms with Crippen molar-refractivity contribution in [1.29, 1.82) is 0 Å². The highest BCUT2D eigenvalue weighted by Crippen LogP contribution is 2.09. The van der Waals surface area contributed by atoms with Crippen molar-refractivity contribution in [3.63, 3.8) is 0 Å². The summed E-state index contributed by atoms with van der Waals surface area (Å²) >= 11 is 2.00. The molecule has 0 aromatic rings. The van der Waals surface area contributed by atoms with Crippen molar-refractivity contribution in [2.45, 2.75) is 58.4 Å². The van der Waals surface area contributed by atoms with E-state index in [1.54, 1.807) is 0 Å². The summed E-state index contributed by atoms with van der Waals surface area (Å²) in [5.74, 6) is 2.42. The number of hydrogen-bond acceptors (Lipinski definition) is 2. The topological polar surface area (TPSA) is 26.0 Å². The van der Waals surface area contributed by atoms with E-state index in [0.29, 0.717) is 6.04 Å². The Morgan fingerprint density at radius 2 is 1.69 bits per heavy atom. The van der Waals surface area contributed by atoms with Crippen LogP contribution in [0, 0.1) is 0 Å². The smallest absolute Gasteiger partial charge is 0.0101 e. The number of nitrogens with two attached hydrogens (primary N) is 1. The highest BCUT2D eigenvalue weighted by atomic mass is 32.2. The lowest BCUT2D eigenvalue weighted by Gasteiger charge is -2.04. The fraction of sp³-hybridized carbons (Fsp3) is 1.00. The molecule has 0 saturated carbocycles. The van der Waals surface area contributed by atoms with Crippen molar-refractivity contribution in [1.82, 2.24) is 0 Å². The van der Waals surface area contributed by atoms with Crippen LogP contribution in [0.2, 0.25) is 0 Å². The predicted octanol–water partition coefficient (Wildman–Crippen LogP) is 3.43. The molecule has 0 spiro atoms. The van der Waals surface area contributed by atoms with Crippen LogP contribution in [0.15, 0.2) is 0 Å². The van der Waals surface area contributed by atoms with Crippen LogP contribution in [0.3, 0.4) is 0 Å². The molecule has 0 heterocycles. The molecule has 0 amide bonds. The van der Waals surface area contributed by atoms with Gasteiger partial charge in [-0.2, -0.15) is 11.8 Å². The molecule has 13 heavy (non-hydrogen) atoms. The first kappa shape index (κ1) is 13.3. The van der Waals surface area contributed by atoms with Gasteiger partial charge in [0, 0.05) is 11.8 Å². The third-order valence-corrected chi connectivity index (χ3v) is 3.36. The van der Waals surface area contributed by atoms with E-state index >= 15 is 0 Å². The zero-order valence-corrected chi connectivity index (χ0v) is 10.0. The van der Waals surface area contributed by atoms with E-state index in [2.05, 4.69) is 13.8 Å². The van der Waals surface area contributed by atoms with Crippen molar-refractivity contribution in [2.75, 3.05) is 11.5 Å². The first-order valence-electron chi connectivity index (χ1n) is 5.60. The van der Waals surface area contributed by atoms with Gasteiger partial charge in [0.05, 0.1) is 0 Å². The fourth-order valence-corrected chi connectivity index (χ4v) is 2.20. The van der Waals surface area contributed by atoms with Crippen molar-refractivity contribution in [3.8, 4) is 0 Å². The van der Waals surface area contributed by atoms with Crippen LogP contribution in [-0.4, -0.2) is 17.5 Å². The molecule has 0 aromatic heterocycles. The van der Waals surface area contributed by atoms with Gasteiger partial charge in [-0.05, 0) is 19.1 Å². The molecule has 0 saturated heterocycles. The highest BCUT2D eigenvalue weighted by Gasteiger charge is 1.94. The molecule has 1 atom stereocenters. The third kappa shape index (κ3) is 12.3. The summed E-state index contributed by atoms with van der Waals surface area (Å²) in [4.78, 5) is 0. The molecule has 0 aliphatic carbocycles. The number of thioether (sulfide) groups is 1. The van der Waals surface area contributed by atoms with Crippen LogP contribution < -0.4 is 5.73 Å². The van der Waals surface area contributed by atoms with Crippen LogP contribution in [0.25, 0.3) is 0 Å². The van der Waals surface area contributed by atoms with E-state index in [4.69, 9.17) is 5.73 Å². The van der Waals surface area contributed by atoms with Gasteiger partial charge in [-0.25, -0.2) is 0 Å².